The number of rotatable bonds is 8. The summed E-state index contributed by atoms with van der Waals surface area (Å²) in [6.45, 7) is -0.290. The molecule has 0 aliphatic heterocycles. The molecular formula is C17H16ClF3N2O3S2. The van der Waals surface area contributed by atoms with Crippen molar-refractivity contribution in [3.8, 4) is 0 Å². The van der Waals surface area contributed by atoms with Gasteiger partial charge in [-0.1, -0.05) is 17.7 Å². The second kappa shape index (κ2) is 9.64. The molecule has 0 spiro atoms. The zero-order valence-electron chi connectivity index (χ0n) is 14.3. The predicted octanol–water partition coefficient (Wildman–Crippen LogP) is 3.55. The average Bonchev–Trinajstić information content (AvgIpc) is 2.64. The molecule has 1 amide bonds. The first kappa shape index (κ1) is 22.5. The molecule has 2 N–H and O–H groups in total. The molecule has 0 fully saturated rings. The van der Waals surface area contributed by atoms with Crippen molar-refractivity contribution < 1.29 is 26.4 Å². The van der Waals surface area contributed by atoms with Crippen LogP contribution in [0.5, 0.6) is 0 Å². The molecule has 28 heavy (non-hydrogen) atoms. The third-order valence-electron chi connectivity index (χ3n) is 3.40. The summed E-state index contributed by atoms with van der Waals surface area (Å²) in [7, 11) is -4.24. The van der Waals surface area contributed by atoms with Crippen molar-refractivity contribution in [3.63, 3.8) is 0 Å². The number of halogens is 4. The SMILES string of the molecule is O=C(CNS(=O)(=O)c1cccc(C(F)(F)F)c1)NCCSc1ccc(Cl)cc1. The highest BCUT2D eigenvalue weighted by molar-refractivity contribution is 7.99. The molecule has 0 aromatic heterocycles. The highest BCUT2D eigenvalue weighted by Gasteiger charge is 2.31. The molecule has 5 nitrogen and oxygen atoms in total. The summed E-state index contributed by atoms with van der Waals surface area (Å²) in [4.78, 5) is 12.2. The minimum Gasteiger partial charge on any atom is -0.354 e. The fraction of sp³-hybridized carbons (Fsp3) is 0.235. The number of alkyl halides is 3. The number of benzene rings is 2. The smallest absolute Gasteiger partial charge is 0.354 e. The van der Waals surface area contributed by atoms with E-state index in [1.807, 2.05) is 16.9 Å². The Labute approximate surface area is 169 Å². The van der Waals surface area contributed by atoms with Gasteiger partial charge in [0.1, 0.15) is 0 Å². The molecular weight excluding hydrogens is 437 g/mol. The zero-order valence-corrected chi connectivity index (χ0v) is 16.7. The second-order valence-electron chi connectivity index (χ2n) is 5.50. The van der Waals surface area contributed by atoms with Crippen LogP contribution in [0, 0.1) is 0 Å². The van der Waals surface area contributed by atoms with Gasteiger partial charge in [-0.05, 0) is 42.5 Å². The average molecular weight is 453 g/mol. The van der Waals surface area contributed by atoms with E-state index in [0.717, 1.165) is 23.1 Å². The maximum atomic E-state index is 12.7. The molecule has 0 heterocycles. The summed E-state index contributed by atoms with van der Waals surface area (Å²) in [6.07, 6.45) is -4.66. The maximum Gasteiger partial charge on any atom is 0.416 e. The Morgan fingerprint density at radius 1 is 1.11 bits per heavy atom. The standard InChI is InChI=1S/C17H16ClF3N2O3S2/c18-13-4-6-14(7-5-13)27-9-8-22-16(24)11-23-28(25,26)15-3-1-2-12(10-15)17(19,20)21/h1-7,10,23H,8-9,11H2,(H,22,24). The lowest BCUT2D eigenvalue weighted by molar-refractivity contribution is -0.137. The molecule has 0 aliphatic rings. The van der Waals surface area contributed by atoms with E-state index in [4.69, 9.17) is 11.6 Å². The van der Waals surface area contributed by atoms with Crippen LogP contribution in [0.2, 0.25) is 5.02 Å². The van der Waals surface area contributed by atoms with E-state index in [1.165, 1.54) is 11.8 Å². The molecule has 0 saturated heterocycles. The van der Waals surface area contributed by atoms with Gasteiger partial charge in [-0.15, -0.1) is 11.8 Å². The van der Waals surface area contributed by atoms with Gasteiger partial charge in [-0.2, -0.15) is 13.2 Å². The number of hydrogen-bond acceptors (Lipinski definition) is 4. The van der Waals surface area contributed by atoms with Crippen LogP contribution in [0.3, 0.4) is 0 Å². The van der Waals surface area contributed by atoms with Crippen molar-refractivity contribution in [3.05, 3.63) is 59.1 Å². The summed E-state index contributed by atoms with van der Waals surface area (Å²) in [5.41, 5.74) is -1.08. The molecule has 2 rings (SSSR count). The molecule has 0 saturated carbocycles. The van der Waals surface area contributed by atoms with Crippen molar-refractivity contribution in [2.24, 2.45) is 0 Å². The van der Waals surface area contributed by atoms with E-state index in [9.17, 15) is 26.4 Å². The minimum atomic E-state index is -4.66. The van der Waals surface area contributed by atoms with Crippen LogP contribution in [-0.2, 0) is 21.0 Å². The number of carbonyl (C=O) groups is 1. The van der Waals surface area contributed by atoms with Gasteiger partial charge in [0, 0.05) is 22.2 Å². The summed E-state index contributed by atoms with van der Waals surface area (Å²) >= 11 is 7.26. The predicted molar refractivity (Wildman–Crippen MR) is 102 cm³/mol. The van der Waals surface area contributed by atoms with E-state index in [0.29, 0.717) is 16.8 Å². The fourth-order valence-corrected chi connectivity index (χ4v) is 3.96. The van der Waals surface area contributed by atoms with Crippen LogP contribution in [0.15, 0.2) is 58.3 Å². The topological polar surface area (TPSA) is 75.3 Å². The van der Waals surface area contributed by atoms with Gasteiger partial charge in [-0.3, -0.25) is 4.79 Å². The Kier molecular flexibility index (Phi) is 7.76. The van der Waals surface area contributed by atoms with Crippen molar-refractivity contribution in [2.75, 3.05) is 18.8 Å². The van der Waals surface area contributed by atoms with E-state index < -0.39 is 39.1 Å². The zero-order chi connectivity index (χ0) is 20.8. The van der Waals surface area contributed by atoms with Gasteiger partial charge < -0.3 is 5.32 Å². The van der Waals surface area contributed by atoms with Crippen molar-refractivity contribution in [1.29, 1.82) is 0 Å². The number of sulfonamides is 1. The monoisotopic (exact) mass is 452 g/mol. The van der Waals surface area contributed by atoms with E-state index in [-0.39, 0.29) is 6.54 Å². The number of carbonyl (C=O) groups excluding carboxylic acids is 1. The molecule has 0 atom stereocenters. The Balaban J connectivity index is 1.80. The van der Waals surface area contributed by atoms with Gasteiger partial charge in [0.25, 0.3) is 0 Å². The molecule has 152 valence electrons. The summed E-state index contributed by atoms with van der Waals surface area (Å²) in [5, 5.41) is 3.15. The van der Waals surface area contributed by atoms with Crippen LogP contribution in [0.25, 0.3) is 0 Å². The molecule has 0 bridgehead atoms. The Hall–Kier alpha value is -1.75. The lowest BCUT2D eigenvalue weighted by Gasteiger charge is -2.10. The Morgan fingerprint density at radius 3 is 2.43 bits per heavy atom. The number of nitrogens with one attached hydrogen (secondary N) is 2. The van der Waals surface area contributed by atoms with Gasteiger partial charge in [0.15, 0.2) is 0 Å². The van der Waals surface area contributed by atoms with Gasteiger partial charge in [0.05, 0.1) is 17.0 Å². The van der Waals surface area contributed by atoms with Gasteiger partial charge in [0.2, 0.25) is 15.9 Å². The normalized spacial score (nSPS) is 12.0. The van der Waals surface area contributed by atoms with Crippen LogP contribution >= 0.6 is 23.4 Å². The van der Waals surface area contributed by atoms with E-state index >= 15 is 0 Å². The van der Waals surface area contributed by atoms with E-state index in [1.54, 1.807) is 12.1 Å². The number of thioether (sulfide) groups is 1. The summed E-state index contributed by atoms with van der Waals surface area (Å²) < 4.78 is 64.3. The van der Waals surface area contributed by atoms with Crippen molar-refractivity contribution >= 4 is 39.3 Å². The van der Waals surface area contributed by atoms with Crippen LogP contribution in [0.1, 0.15) is 5.56 Å². The van der Waals surface area contributed by atoms with Crippen LogP contribution in [0.4, 0.5) is 13.2 Å². The summed E-state index contributed by atoms with van der Waals surface area (Å²) in [5.74, 6) is -0.0411. The first-order chi connectivity index (χ1) is 13.1. The van der Waals surface area contributed by atoms with Gasteiger partial charge in [-0.25, -0.2) is 13.1 Å². The van der Waals surface area contributed by atoms with Gasteiger partial charge >= 0.3 is 6.18 Å². The minimum absolute atomic E-state index is 0.289. The summed E-state index contributed by atoms with van der Waals surface area (Å²) in [6, 6.07) is 10.4. The fourth-order valence-electron chi connectivity index (χ4n) is 2.04. The second-order valence-corrected chi connectivity index (χ2v) is 8.87. The van der Waals surface area contributed by atoms with Crippen molar-refractivity contribution in [1.82, 2.24) is 10.0 Å². The molecule has 0 unspecified atom stereocenters. The first-order valence-corrected chi connectivity index (χ1v) is 10.7. The third kappa shape index (κ3) is 7.01. The maximum absolute atomic E-state index is 12.7. The Bertz CT molecular complexity index is 920. The molecule has 11 heteroatoms. The van der Waals surface area contributed by atoms with Crippen LogP contribution < -0.4 is 10.0 Å². The number of amides is 1. The van der Waals surface area contributed by atoms with E-state index in [2.05, 4.69) is 5.32 Å². The Morgan fingerprint density at radius 2 is 1.79 bits per heavy atom. The largest absolute Gasteiger partial charge is 0.416 e. The lowest BCUT2D eigenvalue weighted by atomic mass is 10.2. The highest BCUT2D eigenvalue weighted by Crippen LogP contribution is 2.30. The van der Waals surface area contributed by atoms with Crippen molar-refractivity contribution in [2.45, 2.75) is 16.0 Å². The molecule has 0 aliphatic carbocycles. The molecule has 2 aromatic carbocycles. The number of hydrogen-bond donors (Lipinski definition) is 2. The molecule has 2 aromatic rings. The quantitative estimate of drug-likeness (QED) is 0.474. The van der Waals surface area contributed by atoms with Crippen LogP contribution in [-0.4, -0.2) is 33.2 Å². The lowest BCUT2D eigenvalue weighted by Crippen LogP contribution is -2.37. The highest BCUT2D eigenvalue weighted by atomic mass is 35.5. The molecule has 0 radical (unpaired) electrons. The first-order valence-electron chi connectivity index (χ1n) is 7.90. The third-order valence-corrected chi connectivity index (χ3v) is 6.07.